The van der Waals surface area contributed by atoms with Gasteiger partial charge in [0.1, 0.15) is 18.1 Å². The maximum Gasteiger partial charge on any atom is 0.303 e. The highest BCUT2D eigenvalue weighted by Gasteiger charge is 2.45. The van der Waals surface area contributed by atoms with E-state index in [1.165, 1.54) is 48.5 Å². The van der Waals surface area contributed by atoms with Crippen molar-refractivity contribution in [1.82, 2.24) is 0 Å². The summed E-state index contributed by atoms with van der Waals surface area (Å²) in [4.78, 5) is 12.5. The average molecular weight is 1050 g/mol. The van der Waals surface area contributed by atoms with Crippen LogP contribution in [0.2, 0.25) is 0 Å². The Bertz CT molecular complexity index is 3420. The molecule has 71 heavy (non-hydrogen) atoms. The highest BCUT2D eigenvalue weighted by atomic mass is 32.2. The number of aliphatic carboxylic acids is 1. The fourth-order valence-corrected chi connectivity index (χ4v) is 11.7. The molecule has 2 heterocycles. The van der Waals surface area contributed by atoms with Crippen LogP contribution in [0.4, 0.5) is 11.4 Å². The van der Waals surface area contributed by atoms with E-state index in [2.05, 4.69) is 9.48 Å². The molecule has 0 spiro atoms. The first-order chi connectivity index (χ1) is 33.1. The average Bonchev–Trinajstić information content (AvgIpc) is 3.61. The molecule has 1 aliphatic carbocycles. The molecule has 0 saturated carbocycles. The number of allylic oxidation sites excluding steroid dienone is 7. The zero-order valence-corrected chi connectivity index (χ0v) is 42.8. The number of hydrogen-bond donors (Lipinski definition) is 5. The number of unbranched alkanes of at least 4 members (excludes halogenated alkanes) is 3. The molecule has 4 aromatic rings. The van der Waals surface area contributed by atoms with E-state index in [1.807, 2.05) is 64.1 Å². The Morgan fingerprint density at radius 2 is 1.32 bits per heavy atom. The van der Waals surface area contributed by atoms with E-state index in [-0.39, 0.29) is 33.3 Å². The van der Waals surface area contributed by atoms with Crippen molar-refractivity contribution >= 4 is 74.3 Å². The molecule has 0 atom stereocenters. The largest absolute Gasteiger partial charge is 0.481 e. The van der Waals surface area contributed by atoms with Crippen molar-refractivity contribution in [2.75, 3.05) is 23.7 Å². The predicted molar refractivity (Wildman–Crippen MR) is 268 cm³/mol. The van der Waals surface area contributed by atoms with Crippen LogP contribution in [0.3, 0.4) is 0 Å². The third kappa shape index (κ3) is 12.1. The van der Waals surface area contributed by atoms with Crippen LogP contribution >= 0.6 is 0 Å². The summed E-state index contributed by atoms with van der Waals surface area (Å²) in [6.45, 7) is 8.71. The number of carbonyl (C=O) groups is 1. The highest BCUT2D eigenvalue weighted by Crippen LogP contribution is 2.50. The molecule has 380 valence electrons. The Kier molecular flexibility index (Phi) is 15.1. The van der Waals surface area contributed by atoms with Crippen LogP contribution in [0.5, 0.6) is 5.75 Å². The number of hydrogen-bond acceptors (Lipinski definition) is 11. The number of carboxylic acid groups (broad SMARTS) is 1. The summed E-state index contributed by atoms with van der Waals surface area (Å²) in [6.07, 6.45) is 11.8. The lowest BCUT2D eigenvalue weighted by Gasteiger charge is -2.27. The summed E-state index contributed by atoms with van der Waals surface area (Å²) in [5, 5.41) is 10.5. The molecule has 17 nitrogen and oxygen atoms in total. The van der Waals surface area contributed by atoms with Crippen molar-refractivity contribution in [2.45, 2.75) is 111 Å². The Balaban J connectivity index is 1.35. The maximum atomic E-state index is 12.3. The molecule has 0 saturated heterocycles. The summed E-state index contributed by atoms with van der Waals surface area (Å²) >= 11 is 0. The molecule has 21 heteroatoms. The number of anilines is 1. The summed E-state index contributed by atoms with van der Waals surface area (Å²) < 4.78 is 144. The molecular weight excluding hydrogens is 997 g/mol. The summed E-state index contributed by atoms with van der Waals surface area (Å²) in [6, 6.07) is 17.8. The number of benzene rings is 4. The van der Waals surface area contributed by atoms with E-state index in [4.69, 9.17) is 4.74 Å². The van der Waals surface area contributed by atoms with Gasteiger partial charge in [0.25, 0.3) is 40.5 Å². The molecule has 0 fully saturated rings. The first-order valence-electron chi connectivity index (χ1n) is 22.9. The summed E-state index contributed by atoms with van der Waals surface area (Å²) in [5.41, 5.74) is 4.64. The van der Waals surface area contributed by atoms with Crippen LogP contribution in [0.15, 0.2) is 134 Å². The first-order valence-corrected chi connectivity index (χ1v) is 28.8. The predicted octanol–water partition coefficient (Wildman–Crippen LogP) is 8.95. The molecular formula is C50H57N2O15S4+. The van der Waals surface area contributed by atoms with E-state index < -0.39 is 63.0 Å². The summed E-state index contributed by atoms with van der Waals surface area (Å²) in [7, 11) is -17.8. The van der Waals surface area contributed by atoms with Gasteiger partial charge >= 0.3 is 5.97 Å². The SMILES string of the molecule is CC1(C)C(/C=C/C2=C(Oc3ccc(S(=O)(=O)O)cc3)C(=C\C=C3/N(CCCCS(=O)(=O)O)c4cc5ccc(S(=O)(=O)O)cc5cc4C3(C)C)/CCC2)=[N+](CCCCCC(=O)O)c2ccc(S(=O)(=O)O)cc21. The Morgan fingerprint density at radius 1 is 0.676 bits per heavy atom. The zero-order chi connectivity index (χ0) is 51.9. The molecule has 5 N–H and O–H groups in total. The van der Waals surface area contributed by atoms with Gasteiger partial charge in [-0.15, -0.1) is 0 Å². The van der Waals surface area contributed by atoms with Crippen molar-refractivity contribution in [2.24, 2.45) is 0 Å². The molecule has 0 radical (unpaired) electrons. The number of nitrogens with zero attached hydrogens (tertiary/aromatic N) is 2. The molecule has 4 aromatic carbocycles. The van der Waals surface area contributed by atoms with E-state index >= 15 is 0 Å². The highest BCUT2D eigenvalue weighted by molar-refractivity contribution is 7.86. The monoisotopic (exact) mass is 1050 g/mol. The van der Waals surface area contributed by atoms with Crippen LogP contribution in [0.25, 0.3) is 10.8 Å². The van der Waals surface area contributed by atoms with E-state index in [1.54, 1.807) is 12.1 Å². The minimum atomic E-state index is -4.54. The molecule has 3 aliphatic rings. The van der Waals surface area contributed by atoms with E-state index in [0.29, 0.717) is 80.1 Å². The Hall–Kier alpha value is -5.52. The van der Waals surface area contributed by atoms with Gasteiger partial charge in [0.2, 0.25) is 5.69 Å². The van der Waals surface area contributed by atoms with Gasteiger partial charge in [-0.3, -0.25) is 23.0 Å². The fraction of sp³-hybridized carbons (Fsp3) is 0.360. The lowest BCUT2D eigenvalue weighted by molar-refractivity contribution is -0.438. The summed E-state index contributed by atoms with van der Waals surface area (Å²) in [5.74, 6) is -0.588. The van der Waals surface area contributed by atoms with E-state index in [9.17, 15) is 61.8 Å². The third-order valence-corrected chi connectivity index (χ3v) is 16.7. The van der Waals surface area contributed by atoms with Crippen LogP contribution in [0, 0.1) is 0 Å². The van der Waals surface area contributed by atoms with Crippen LogP contribution in [-0.2, 0) is 56.1 Å². The van der Waals surface area contributed by atoms with Gasteiger partial charge in [-0.1, -0.05) is 26.0 Å². The number of fused-ring (bicyclic) bond motifs is 3. The van der Waals surface area contributed by atoms with Gasteiger partial charge in [-0.05, 0) is 159 Å². The van der Waals surface area contributed by atoms with Crippen molar-refractivity contribution < 1.29 is 71.1 Å². The number of carboxylic acids is 1. The van der Waals surface area contributed by atoms with Gasteiger partial charge < -0.3 is 14.7 Å². The molecule has 2 aliphatic heterocycles. The second kappa shape index (κ2) is 20.2. The van der Waals surface area contributed by atoms with Gasteiger partial charge in [0.15, 0.2) is 5.71 Å². The Labute approximate surface area is 414 Å². The molecule has 7 rings (SSSR count). The third-order valence-electron chi connectivity index (χ3n) is 13.3. The van der Waals surface area contributed by atoms with Crippen molar-refractivity contribution in [1.29, 1.82) is 0 Å². The van der Waals surface area contributed by atoms with Gasteiger partial charge in [-0.2, -0.15) is 38.2 Å². The zero-order valence-electron chi connectivity index (χ0n) is 39.6. The number of rotatable bonds is 19. The van der Waals surface area contributed by atoms with Gasteiger partial charge in [0.05, 0.1) is 25.9 Å². The molecule has 0 amide bonds. The minimum Gasteiger partial charge on any atom is -0.481 e. The van der Waals surface area contributed by atoms with Crippen molar-refractivity contribution in [3.05, 3.63) is 131 Å². The van der Waals surface area contributed by atoms with Gasteiger partial charge in [0, 0.05) is 53.9 Å². The number of ether oxygens (including phenoxy) is 1. The van der Waals surface area contributed by atoms with Crippen LogP contribution < -0.4 is 9.64 Å². The first kappa shape index (κ1) is 53.3. The van der Waals surface area contributed by atoms with Crippen molar-refractivity contribution in [3.8, 4) is 5.75 Å². The van der Waals surface area contributed by atoms with E-state index in [0.717, 1.165) is 39.5 Å². The minimum absolute atomic E-state index is 0.0231. The molecule has 0 bridgehead atoms. The smallest absolute Gasteiger partial charge is 0.303 e. The molecule has 0 unspecified atom stereocenters. The standard InChI is InChI=1S/C50H56N2O15S4/c1-49(2)41-30-36-29-39(70(61,62)63)19-14-35(36)31-44(41)52(27-8-9-28-68(55,56)57)46(49)25-16-34-12-10-11-33(48(34)67-37-17-20-38(21-18-37)69(58,59)60)15-24-45-50(3,4)42-32-40(71(64,65)66)22-23-43(42)51(45)26-7-5-6-13-47(53)54/h14-25,29-32H,5-13,26-28H2,1-4H3,(H4-,53,54,55,56,57,58,59,60,61,62,63,64,65,66)/p+1. The van der Waals surface area contributed by atoms with Crippen LogP contribution in [0.1, 0.15) is 96.6 Å². The second-order valence-corrected chi connectivity index (χ2v) is 24.8. The normalized spacial score (nSPS) is 18.3. The van der Waals surface area contributed by atoms with Crippen LogP contribution in [-0.4, -0.2) is 92.1 Å². The molecule has 0 aromatic heterocycles. The lowest BCUT2D eigenvalue weighted by atomic mass is 9.81. The Morgan fingerprint density at radius 3 is 1.97 bits per heavy atom. The quantitative estimate of drug-likeness (QED) is 0.0333. The second-order valence-electron chi connectivity index (χ2n) is 19.0. The topological polar surface area (TPSA) is 270 Å². The lowest BCUT2D eigenvalue weighted by Crippen LogP contribution is -2.28. The van der Waals surface area contributed by atoms with Crippen molar-refractivity contribution in [3.63, 3.8) is 0 Å². The van der Waals surface area contributed by atoms with Gasteiger partial charge in [-0.25, -0.2) is 0 Å². The maximum absolute atomic E-state index is 12.3. The fourth-order valence-electron chi connectivity index (χ4n) is 9.63.